The van der Waals surface area contributed by atoms with E-state index >= 15 is 0 Å². The molecule has 5 nitrogen and oxygen atoms in total. The maximum absolute atomic E-state index is 12.5. The minimum Gasteiger partial charge on any atom is -0.338 e. The quantitative estimate of drug-likeness (QED) is 0.909. The number of carbonyl (C=O) groups is 1. The first kappa shape index (κ1) is 15.8. The molecule has 0 aliphatic carbocycles. The fourth-order valence-electron chi connectivity index (χ4n) is 2.98. The van der Waals surface area contributed by atoms with Gasteiger partial charge in [-0.3, -0.25) is 9.89 Å². The molecule has 0 bridgehead atoms. The van der Waals surface area contributed by atoms with E-state index in [0.29, 0.717) is 13.0 Å². The normalized spacial score (nSPS) is 18.5. The van der Waals surface area contributed by atoms with E-state index in [1.807, 2.05) is 29.2 Å². The lowest BCUT2D eigenvalue weighted by molar-refractivity contribution is -0.133. The van der Waals surface area contributed by atoms with E-state index in [1.165, 1.54) is 6.42 Å². The Labute approximate surface area is 130 Å². The van der Waals surface area contributed by atoms with E-state index in [1.54, 1.807) is 0 Å². The van der Waals surface area contributed by atoms with Crippen LogP contribution in [-0.2, 0) is 11.2 Å². The number of halogens is 1. The third kappa shape index (κ3) is 3.19. The lowest BCUT2D eigenvalue weighted by Crippen LogP contribution is -2.48. The number of hydrogen-bond acceptors (Lipinski definition) is 3. The van der Waals surface area contributed by atoms with Crippen molar-refractivity contribution < 1.29 is 4.79 Å². The molecule has 1 unspecified atom stereocenters. The van der Waals surface area contributed by atoms with Gasteiger partial charge in [-0.2, -0.15) is 5.10 Å². The number of likely N-dealkylation sites (tertiary alicyclic amines) is 1. The van der Waals surface area contributed by atoms with Crippen LogP contribution >= 0.6 is 12.4 Å². The maximum atomic E-state index is 12.5. The number of carbonyl (C=O) groups excluding carboxylic acids is 1. The molecule has 1 aromatic carbocycles. The average molecular weight is 309 g/mol. The number of amides is 1. The van der Waals surface area contributed by atoms with Crippen molar-refractivity contribution in [3.63, 3.8) is 0 Å². The number of hydrogen-bond donors (Lipinski definition) is 2. The smallest absolute Gasteiger partial charge is 0.228 e. The zero-order valence-electron chi connectivity index (χ0n) is 11.9. The number of aromatic nitrogens is 2. The molecular weight excluding hydrogens is 288 g/mol. The Bertz CT molecular complexity index is 612. The largest absolute Gasteiger partial charge is 0.338 e. The summed E-state index contributed by atoms with van der Waals surface area (Å²) in [5.74, 6) is 0.148. The number of nitrogens with one attached hydrogen (secondary N) is 1. The summed E-state index contributed by atoms with van der Waals surface area (Å²) in [6.07, 6.45) is 3.63. The van der Waals surface area contributed by atoms with Gasteiger partial charge in [-0.25, -0.2) is 0 Å². The summed E-state index contributed by atoms with van der Waals surface area (Å²) < 4.78 is 0. The first-order valence-corrected chi connectivity index (χ1v) is 7.21. The fraction of sp³-hybridized carbons (Fsp3) is 0.467. The van der Waals surface area contributed by atoms with Crippen molar-refractivity contribution in [2.45, 2.75) is 31.7 Å². The van der Waals surface area contributed by atoms with Crippen LogP contribution in [0.15, 0.2) is 24.3 Å². The predicted octanol–water partition coefficient (Wildman–Crippen LogP) is 1.87. The molecular formula is C15H21ClN4O. The van der Waals surface area contributed by atoms with Crippen molar-refractivity contribution in [2.24, 2.45) is 5.73 Å². The number of piperidine rings is 1. The van der Waals surface area contributed by atoms with E-state index in [9.17, 15) is 4.79 Å². The lowest BCUT2D eigenvalue weighted by atomic mass is 10.0. The van der Waals surface area contributed by atoms with Crippen LogP contribution in [0, 0.1) is 0 Å². The van der Waals surface area contributed by atoms with Crippen LogP contribution in [0.2, 0.25) is 0 Å². The Morgan fingerprint density at radius 3 is 3.00 bits per heavy atom. The summed E-state index contributed by atoms with van der Waals surface area (Å²) in [5.41, 5.74) is 7.58. The molecule has 2 aromatic rings. The van der Waals surface area contributed by atoms with Gasteiger partial charge in [0, 0.05) is 24.5 Å². The van der Waals surface area contributed by atoms with Gasteiger partial charge in [0.1, 0.15) is 0 Å². The second kappa shape index (κ2) is 6.91. The monoisotopic (exact) mass is 308 g/mol. The van der Waals surface area contributed by atoms with E-state index in [2.05, 4.69) is 10.2 Å². The van der Waals surface area contributed by atoms with Gasteiger partial charge in [0.2, 0.25) is 5.91 Å². The topological polar surface area (TPSA) is 75.0 Å². The number of nitrogens with two attached hydrogens (primary N) is 1. The SMILES string of the molecule is Cl.NCC1CCCCN1C(=O)Cc1[nH]nc2ccccc12. The van der Waals surface area contributed by atoms with Gasteiger partial charge in [-0.05, 0) is 25.3 Å². The molecule has 1 aromatic heterocycles. The number of aromatic amines is 1. The molecule has 3 N–H and O–H groups in total. The van der Waals surface area contributed by atoms with Crippen molar-refractivity contribution in [2.75, 3.05) is 13.1 Å². The highest BCUT2D eigenvalue weighted by Crippen LogP contribution is 2.20. The number of para-hydroxylation sites is 1. The molecule has 1 atom stereocenters. The van der Waals surface area contributed by atoms with Crippen molar-refractivity contribution >= 4 is 29.2 Å². The second-order valence-corrected chi connectivity index (χ2v) is 5.37. The van der Waals surface area contributed by atoms with Crippen LogP contribution in [-0.4, -0.2) is 40.1 Å². The minimum absolute atomic E-state index is 0. The number of H-pyrrole nitrogens is 1. The van der Waals surface area contributed by atoms with Crippen LogP contribution in [0.5, 0.6) is 0 Å². The summed E-state index contributed by atoms with van der Waals surface area (Å²) in [6, 6.07) is 8.06. The van der Waals surface area contributed by atoms with Crippen molar-refractivity contribution in [3.8, 4) is 0 Å². The molecule has 3 rings (SSSR count). The highest BCUT2D eigenvalue weighted by atomic mass is 35.5. The molecule has 1 aliphatic heterocycles. The van der Waals surface area contributed by atoms with Gasteiger partial charge in [0.25, 0.3) is 0 Å². The summed E-state index contributed by atoms with van der Waals surface area (Å²) >= 11 is 0. The van der Waals surface area contributed by atoms with E-state index in [0.717, 1.165) is 36.0 Å². The number of nitrogens with zero attached hydrogens (tertiary/aromatic N) is 2. The van der Waals surface area contributed by atoms with Crippen LogP contribution in [0.1, 0.15) is 25.0 Å². The molecule has 1 aliphatic rings. The lowest BCUT2D eigenvalue weighted by Gasteiger charge is -2.35. The molecule has 1 fully saturated rings. The zero-order chi connectivity index (χ0) is 13.9. The molecule has 1 amide bonds. The van der Waals surface area contributed by atoms with Gasteiger partial charge >= 0.3 is 0 Å². The molecule has 0 saturated carbocycles. The van der Waals surface area contributed by atoms with Crippen LogP contribution < -0.4 is 5.73 Å². The first-order chi connectivity index (χ1) is 9.79. The van der Waals surface area contributed by atoms with Crippen molar-refractivity contribution in [1.82, 2.24) is 15.1 Å². The summed E-state index contributed by atoms with van der Waals surface area (Å²) in [6.45, 7) is 1.38. The van der Waals surface area contributed by atoms with Crippen LogP contribution in [0.3, 0.4) is 0 Å². The second-order valence-electron chi connectivity index (χ2n) is 5.37. The Morgan fingerprint density at radius 2 is 2.19 bits per heavy atom. The summed E-state index contributed by atoms with van der Waals surface area (Å²) in [7, 11) is 0. The highest BCUT2D eigenvalue weighted by Gasteiger charge is 2.26. The Morgan fingerprint density at radius 1 is 1.38 bits per heavy atom. The standard InChI is InChI=1S/C15H20N4O.ClH/c16-10-11-5-3-4-8-19(11)15(20)9-14-12-6-1-2-7-13(12)17-18-14;/h1-2,6-7,11H,3-5,8-10,16H2,(H,17,18);1H. The highest BCUT2D eigenvalue weighted by molar-refractivity contribution is 5.87. The third-order valence-corrected chi connectivity index (χ3v) is 4.09. The van der Waals surface area contributed by atoms with E-state index in [4.69, 9.17) is 5.73 Å². The number of rotatable bonds is 3. The zero-order valence-corrected chi connectivity index (χ0v) is 12.7. The van der Waals surface area contributed by atoms with Gasteiger partial charge < -0.3 is 10.6 Å². The first-order valence-electron chi connectivity index (χ1n) is 7.21. The minimum atomic E-state index is 0. The average Bonchev–Trinajstić information content (AvgIpc) is 2.90. The van der Waals surface area contributed by atoms with Crippen LogP contribution in [0.4, 0.5) is 0 Å². The maximum Gasteiger partial charge on any atom is 0.228 e. The molecule has 1 saturated heterocycles. The van der Waals surface area contributed by atoms with E-state index < -0.39 is 0 Å². The van der Waals surface area contributed by atoms with Crippen LogP contribution in [0.25, 0.3) is 10.9 Å². The van der Waals surface area contributed by atoms with Gasteiger partial charge in [-0.1, -0.05) is 18.2 Å². The third-order valence-electron chi connectivity index (χ3n) is 4.09. The molecule has 6 heteroatoms. The molecule has 21 heavy (non-hydrogen) atoms. The Balaban J connectivity index is 0.00000161. The molecule has 2 heterocycles. The molecule has 0 radical (unpaired) electrons. The number of benzene rings is 1. The van der Waals surface area contributed by atoms with Crippen molar-refractivity contribution in [3.05, 3.63) is 30.0 Å². The molecule has 0 spiro atoms. The number of fused-ring (bicyclic) bond motifs is 1. The van der Waals surface area contributed by atoms with Crippen molar-refractivity contribution in [1.29, 1.82) is 0 Å². The van der Waals surface area contributed by atoms with Gasteiger partial charge in [0.05, 0.1) is 17.6 Å². The van der Waals surface area contributed by atoms with Gasteiger partial charge in [-0.15, -0.1) is 12.4 Å². The predicted molar refractivity (Wildman–Crippen MR) is 85.5 cm³/mol. The Hall–Kier alpha value is -1.59. The summed E-state index contributed by atoms with van der Waals surface area (Å²) in [4.78, 5) is 14.4. The Kier molecular flexibility index (Phi) is 5.20. The van der Waals surface area contributed by atoms with Gasteiger partial charge in [0.15, 0.2) is 0 Å². The summed E-state index contributed by atoms with van der Waals surface area (Å²) in [5, 5.41) is 8.25. The fourth-order valence-corrected chi connectivity index (χ4v) is 2.98. The van der Waals surface area contributed by atoms with E-state index in [-0.39, 0.29) is 24.4 Å². The molecule has 114 valence electrons.